The lowest BCUT2D eigenvalue weighted by atomic mass is 9.94. The van der Waals surface area contributed by atoms with Crippen molar-refractivity contribution in [3.63, 3.8) is 0 Å². The molecule has 1 heterocycles. The number of ether oxygens (including phenoxy) is 1. The highest BCUT2D eigenvalue weighted by molar-refractivity contribution is 5.52. The molecule has 0 amide bonds. The first-order chi connectivity index (χ1) is 10.8. The van der Waals surface area contributed by atoms with Gasteiger partial charge in [0.2, 0.25) is 0 Å². The van der Waals surface area contributed by atoms with E-state index in [9.17, 15) is 30.6 Å². The van der Waals surface area contributed by atoms with Crippen molar-refractivity contribution in [2.24, 2.45) is 0 Å². The molecule has 23 heavy (non-hydrogen) atoms. The molecule has 2 aromatic rings. The summed E-state index contributed by atoms with van der Waals surface area (Å²) in [4.78, 5) is 0. The molecule has 1 aliphatic heterocycles. The fourth-order valence-electron chi connectivity index (χ4n) is 2.70. The molecule has 6 N–H and O–H groups in total. The maximum atomic E-state index is 10.2. The third-order valence-corrected chi connectivity index (χ3v) is 3.86. The Kier molecular flexibility index (Phi) is 3.57. The first-order valence-corrected chi connectivity index (χ1v) is 6.98. The minimum atomic E-state index is -0.920. The fourth-order valence-corrected chi connectivity index (χ4v) is 2.70. The number of hydrogen-bond acceptors (Lipinski definition) is 7. The Labute approximate surface area is 131 Å². The van der Waals surface area contributed by atoms with Crippen LogP contribution >= 0.6 is 0 Å². The van der Waals surface area contributed by atoms with E-state index >= 15 is 0 Å². The van der Waals surface area contributed by atoms with Crippen molar-refractivity contribution in [1.82, 2.24) is 0 Å². The summed E-state index contributed by atoms with van der Waals surface area (Å²) in [5.74, 6) is -1.60. The number of benzene rings is 2. The molecule has 122 valence electrons. The third-order valence-electron chi connectivity index (χ3n) is 3.86. The van der Waals surface area contributed by atoms with E-state index in [0.717, 1.165) is 0 Å². The maximum absolute atomic E-state index is 10.2. The van der Waals surface area contributed by atoms with Gasteiger partial charge in [-0.1, -0.05) is 0 Å². The molecule has 0 aromatic heterocycles. The minimum absolute atomic E-state index is 0.141. The van der Waals surface area contributed by atoms with E-state index in [-0.39, 0.29) is 30.1 Å². The molecule has 3 rings (SSSR count). The SMILES string of the molecule is Oc1cc(O)c2c(c1)OC(Cc1cc(O)c(O)c(O)c1)C(O)C2. The highest BCUT2D eigenvalue weighted by atomic mass is 16.5. The van der Waals surface area contributed by atoms with E-state index in [2.05, 4.69) is 0 Å². The number of rotatable bonds is 2. The van der Waals surface area contributed by atoms with Gasteiger partial charge >= 0.3 is 0 Å². The van der Waals surface area contributed by atoms with Crippen molar-refractivity contribution < 1.29 is 35.4 Å². The third kappa shape index (κ3) is 2.78. The molecule has 0 bridgehead atoms. The van der Waals surface area contributed by atoms with Crippen LogP contribution in [0, 0.1) is 0 Å². The topological polar surface area (TPSA) is 131 Å². The summed E-state index contributed by atoms with van der Waals surface area (Å²) in [6.45, 7) is 0. The Bertz CT molecular complexity index is 733. The van der Waals surface area contributed by atoms with E-state index < -0.39 is 29.5 Å². The Morgan fingerprint density at radius 2 is 1.57 bits per heavy atom. The van der Waals surface area contributed by atoms with Crippen molar-refractivity contribution >= 4 is 0 Å². The number of phenolic OH excluding ortho intramolecular Hbond substituents is 5. The zero-order valence-corrected chi connectivity index (χ0v) is 12.0. The molecule has 0 saturated carbocycles. The molecule has 7 nitrogen and oxygen atoms in total. The molecule has 7 heteroatoms. The molecular weight excluding hydrogens is 304 g/mol. The Morgan fingerprint density at radius 1 is 0.913 bits per heavy atom. The van der Waals surface area contributed by atoms with E-state index in [0.29, 0.717) is 11.1 Å². The molecule has 0 aliphatic carbocycles. The van der Waals surface area contributed by atoms with Gasteiger partial charge in [0.15, 0.2) is 17.2 Å². The number of aliphatic hydroxyl groups excluding tert-OH is 1. The highest BCUT2D eigenvalue weighted by Crippen LogP contribution is 2.40. The predicted molar refractivity (Wildman–Crippen MR) is 79.0 cm³/mol. The van der Waals surface area contributed by atoms with Gasteiger partial charge in [0.05, 0.1) is 6.10 Å². The van der Waals surface area contributed by atoms with Gasteiger partial charge < -0.3 is 35.4 Å². The van der Waals surface area contributed by atoms with Gasteiger partial charge in [0.1, 0.15) is 23.4 Å². The predicted octanol–water partition coefficient (Wildman–Crippen LogP) is 1.12. The van der Waals surface area contributed by atoms with Crippen LogP contribution in [0.2, 0.25) is 0 Å². The van der Waals surface area contributed by atoms with Gasteiger partial charge in [0.25, 0.3) is 0 Å². The maximum Gasteiger partial charge on any atom is 0.200 e. The van der Waals surface area contributed by atoms with Crippen LogP contribution in [0.1, 0.15) is 11.1 Å². The van der Waals surface area contributed by atoms with E-state index in [1.165, 1.54) is 24.3 Å². The molecule has 2 unspecified atom stereocenters. The summed E-state index contributed by atoms with van der Waals surface area (Å²) in [6.07, 6.45) is -1.33. The van der Waals surface area contributed by atoms with Gasteiger partial charge in [-0.3, -0.25) is 0 Å². The fraction of sp³-hybridized carbons (Fsp3) is 0.250. The highest BCUT2D eigenvalue weighted by Gasteiger charge is 2.31. The van der Waals surface area contributed by atoms with Crippen LogP contribution in [-0.2, 0) is 12.8 Å². The monoisotopic (exact) mass is 320 g/mol. The molecule has 0 saturated heterocycles. The summed E-state index contributed by atoms with van der Waals surface area (Å²) in [7, 11) is 0. The minimum Gasteiger partial charge on any atom is -0.508 e. The summed E-state index contributed by atoms with van der Waals surface area (Å²) in [5.41, 5.74) is 0.859. The number of aliphatic hydroxyl groups is 1. The van der Waals surface area contributed by atoms with Crippen LogP contribution in [0.25, 0.3) is 0 Å². The van der Waals surface area contributed by atoms with Crippen molar-refractivity contribution in [2.75, 3.05) is 0 Å². The second-order valence-electron chi connectivity index (χ2n) is 5.56. The lowest BCUT2D eigenvalue weighted by Crippen LogP contribution is -2.39. The lowest BCUT2D eigenvalue weighted by molar-refractivity contribution is 0.0212. The first-order valence-electron chi connectivity index (χ1n) is 6.98. The van der Waals surface area contributed by atoms with Gasteiger partial charge in [-0.2, -0.15) is 0 Å². The standard InChI is InChI=1S/C16H16O7/c17-8-4-10(18)9-6-11(19)15(23-14(9)5-8)3-7-1-12(20)16(22)13(21)2-7/h1-2,4-5,11,15,17-22H,3,6H2. The van der Waals surface area contributed by atoms with Crippen molar-refractivity contribution in [3.05, 3.63) is 35.4 Å². The number of fused-ring (bicyclic) bond motifs is 1. The first kappa shape index (κ1) is 15.1. The van der Waals surface area contributed by atoms with Gasteiger partial charge in [-0.05, 0) is 17.7 Å². The van der Waals surface area contributed by atoms with Crippen molar-refractivity contribution in [1.29, 1.82) is 0 Å². The van der Waals surface area contributed by atoms with Crippen LogP contribution in [0.15, 0.2) is 24.3 Å². The van der Waals surface area contributed by atoms with Gasteiger partial charge in [-0.25, -0.2) is 0 Å². The molecule has 2 atom stereocenters. The quantitative estimate of drug-likeness (QED) is 0.457. The van der Waals surface area contributed by atoms with Crippen molar-refractivity contribution in [3.8, 4) is 34.5 Å². The number of phenols is 5. The average Bonchev–Trinajstić information content (AvgIpc) is 2.46. The van der Waals surface area contributed by atoms with Crippen LogP contribution in [0.5, 0.6) is 34.5 Å². The largest absolute Gasteiger partial charge is 0.508 e. The second-order valence-corrected chi connectivity index (χ2v) is 5.56. The molecule has 0 radical (unpaired) electrons. The second kappa shape index (κ2) is 5.44. The average molecular weight is 320 g/mol. The van der Waals surface area contributed by atoms with Gasteiger partial charge in [-0.15, -0.1) is 0 Å². The normalized spacial score (nSPS) is 19.9. The smallest absolute Gasteiger partial charge is 0.200 e. The van der Waals surface area contributed by atoms with Crippen molar-refractivity contribution in [2.45, 2.75) is 25.0 Å². The Hall–Kier alpha value is -2.80. The zero-order chi connectivity index (χ0) is 16.7. The Morgan fingerprint density at radius 3 is 2.22 bits per heavy atom. The van der Waals surface area contributed by atoms with Crippen LogP contribution in [0.3, 0.4) is 0 Å². The lowest BCUT2D eigenvalue weighted by Gasteiger charge is -2.31. The zero-order valence-electron chi connectivity index (χ0n) is 12.0. The molecular formula is C16H16O7. The van der Waals surface area contributed by atoms with E-state index in [4.69, 9.17) is 4.74 Å². The van der Waals surface area contributed by atoms with Crippen LogP contribution in [-0.4, -0.2) is 42.8 Å². The molecule has 1 aliphatic rings. The summed E-state index contributed by atoms with van der Waals surface area (Å²) in [6, 6.07) is 5.05. The summed E-state index contributed by atoms with van der Waals surface area (Å²) >= 11 is 0. The molecule has 0 spiro atoms. The van der Waals surface area contributed by atoms with Crippen LogP contribution < -0.4 is 4.74 Å². The number of hydrogen-bond donors (Lipinski definition) is 6. The molecule has 2 aromatic carbocycles. The van der Waals surface area contributed by atoms with E-state index in [1.807, 2.05) is 0 Å². The molecule has 0 fully saturated rings. The summed E-state index contributed by atoms with van der Waals surface area (Å²) < 4.78 is 5.62. The van der Waals surface area contributed by atoms with E-state index in [1.54, 1.807) is 0 Å². The number of aromatic hydroxyl groups is 5. The summed E-state index contributed by atoms with van der Waals surface area (Å²) in [5, 5.41) is 57.9. The van der Waals surface area contributed by atoms with Gasteiger partial charge in [0, 0.05) is 30.5 Å². The Balaban J connectivity index is 1.87. The van der Waals surface area contributed by atoms with Crippen LogP contribution in [0.4, 0.5) is 0 Å².